The van der Waals surface area contributed by atoms with Gasteiger partial charge in [0.1, 0.15) is 0 Å². The Morgan fingerprint density at radius 1 is 1.26 bits per heavy atom. The van der Waals surface area contributed by atoms with Gasteiger partial charge in [-0.25, -0.2) is 13.1 Å². The maximum absolute atomic E-state index is 12.8. The van der Waals surface area contributed by atoms with Crippen LogP contribution in [0.1, 0.15) is 30.0 Å². The molecule has 1 fully saturated rings. The first kappa shape index (κ1) is 21.6. The van der Waals surface area contributed by atoms with E-state index >= 15 is 0 Å². The summed E-state index contributed by atoms with van der Waals surface area (Å²) in [7, 11) is -1.55. The fourth-order valence-corrected chi connectivity index (χ4v) is 3.77. The van der Waals surface area contributed by atoms with Crippen LogP contribution < -0.4 is 10.0 Å². The number of hydrogen-bond acceptors (Lipinski definition) is 4. The minimum Gasteiger partial charge on any atom is -0.355 e. The molecule has 0 saturated carbocycles. The number of alkyl halides is 3. The second-order valence-electron chi connectivity index (χ2n) is 6.84. The van der Waals surface area contributed by atoms with Gasteiger partial charge in [-0.05, 0) is 50.0 Å². The minimum absolute atomic E-state index is 0.0164. The summed E-state index contributed by atoms with van der Waals surface area (Å²) in [6, 6.07) is 4.99. The highest BCUT2D eigenvalue weighted by molar-refractivity contribution is 7.88. The number of nitrogens with zero attached hydrogens (tertiary/aromatic N) is 1. The zero-order valence-electron chi connectivity index (χ0n) is 15.2. The molecule has 10 heteroatoms. The lowest BCUT2D eigenvalue weighted by Gasteiger charge is -2.39. The van der Waals surface area contributed by atoms with E-state index in [0.29, 0.717) is 6.54 Å². The third-order valence-electron chi connectivity index (χ3n) is 4.64. The van der Waals surface area contributed by atoms with Gasteiger partial charge in [0.15, 0.2) is 0 Å². The van der Waals surface area contributed by atoms with E-state index in [0.717, 1.165) is 43.3 Å². The third-order valence-corrected chi connectivity index (χ3v) is 5.31. The molecule has 1 heterocycles. The van der Waals surface area contributed by atoms with Crippen LogP contribution in [-0.2, 0) is 21.0 Å². The van der Waals surface area contributed by atoms with Crippen molar-refractivity contribution in [3.8, 4) is 0 Å². The van der Waals surface area contributed by atoms with Crippen LogP contribution in [0.4, 0.5) is 13.2 Å². The number of halogens is 3. The smallest absolute Gasteiger partial charge is 0.355 e. The predicted molar refractivity (Wildman–Crippen MR) is 95.4 cm³/mol. The van der Waals surface area contributed by atoms with Gasteiger partial charge < -0.3 is 5.32 Å². The van der Waals surface area contributed by atoms with Crippen LogP contribution in [-0.4, -0.2) is 52.2 Å². The molecule has 0 aromatic heterocycles. The summed E-state index contributed by atoms with van der Waals surface area (Å²) in [5.41, 5.74) is 0.0696. The van der Waals surface area contributed by atoms with Crippen LogP contribution in [0.3, 0.4) is 0 Å². The number of hydrogen-bond donors (Lipinski definition) is 2. The van der Waals surface area contributed by atoms with Crippen LogP contribution in [0.15, 0.2) is 24.3 Å². The number of amides is 1. The van der Waals surface area contributed by atoms with Crippen molar-refractivity contribution in [2.24, 2.45) is 5.92 Å². The van der Waals surface area contributed by atoms with Crippen molar-refractivity contribution in [1.82, 2.24) is 14.9 Å². The van der Waals surface area contributed by atoms with Gasteiger partial charge in [-0.3, -0.25) is 9.69 Å². The topological polar surface area (TPSA) is 78.5 Å². The van der Waals surface area contributed by atoms with E-state index in [4.69, 9.17) is 0 Å². The molecule has 152 valence electrons. The Bertz CT molecular complexity index is 751. The number of carbonyl (C=O) groups is 1. The molecule has 2 rings (SSSR count). The Labute approximate surface area is 157 Å². The first-order chi connectivity index (χ1) is 12.5. The lowest BCUT2D eigenvalue weighted by Crippen LogP contribution is -2.44. The Kier molecular flexibility index (Phi) is 6.87. The monoisotopic (exact) mass is 407 g/mol. The number of piperidine rings is 1. The summed E-state index contributed by atoms with van der Waals surface area (Å²) >= 11 is 0. The molecule has 6 nitrogen and oxygen atoms in total. The van der Waals surface area contributed by atoms with Gasteiger partial charge in [0.2, 0.25) is 15.9 Å². The van der Waals surface area contributed by atoms with Gasteiger partial charge in [0, 0.05) is 12.6 Å². The Morgan fingerprint density at radius 3 is 2.44 bits per heavy atom. The molecule has 0 spiro atoms. The fourth-order valence-electron chi connectivity index (χ4n) is 3.37. The predicted octanol–water partition coefficient (Wildman–Crippen LogP) is 1.75. The molecule has 1 aliphatic rings. The maximum Gasteiger partial charge on any atom is 0.416 e. The fraction of sp³-hybridized carbons (Fsp3) is 0.588. The number of sulfonamides is 1. The number of carbonyl (C=O) groups excluding carboxylic acids is 1. The van der Waals surface area contributed by atoms with Gasteiger partial charge in [-0.1, -0.05) is 12.1 Å². The lowest BCUT2D eigenvalue weighted by atomic mass is 9.84. The quantitative estimate of drug-likeness (QED) is 0.753. The van der Waals surface area contributed by atoms with E-state index in [-0.39, 0.29) is 18.5 Å². The molecular weight excluding hydrogens is 383 g/mol. The highest BCUT2D eigenvalue weighted by atomic mass is 32.2. The van der Waals surface area contributed by atoms with E-state index in [9.17, 15) is 26.4 Å². The number of rotatable bonds is 6. The lowest BCUT2D eigenvalue weighted by molar-refractivity contribution is -0.137. The van der Waals surface area contributed by atoms with E-state index in [2.05, 4.69) is 14.9 Å². The Morgan fingerprint density at radius 2 is 1.89 bits per heavy atom. The van der Waals surface area contributed by atoms with Gasteiger partial charge in [0.05, 0.1) is 18.4 Å². The largest absolute Gasteiger partial charge is 0.416 e. The van der Waals surface area contributed by atoms with Gasteiger partial charge in [0.25, 0.3) is 0 Å². The highest BCUT2D eigenvalue weighted by Gasteiger charge is 2.33. The molecule has 0 aliphatic carbocycles. The van der Waals surface area contributed by atoms with Crippen LogP contribution in [0.5, 0.6) is 0 Å². The van der Waals surface area contributed by atoms with E-state index in [1.165, 1.54) is 12.1 Å². The van der Waals surface area contributed by atoms with E-state index < -0.39 is 27.7 Å². The highest BCUT2D eigenvalue weighted by Crippen LogP contribution is 2.36. The zero-order chi connectivity index (χ0) is 20.2. The van der Waals surface area contributed by atoms with Crippen molar-refractivity contribution >= 4 is 15.9 Å². The number of likely N-dealkylation sites (tertiary alicyclic amines) is 1. The molecule has 2 N–H and O–H groups in total. The van der Waals surface area contributed by atoms with Crippen molar-refractivity contribution < 1.29 is 26.4 Å². The van der Waals surface area contributed by atoms with Crippen LogP contribution >= 0.6 is 0 Å². The average Bonchev–Trinajstić information content (AvgIpc) is 2.57. The summed E-state index contributed by atoms with van der Waals surface area (Å²) < 4.78 is 62.5. The van der Waals surface area contributed by atoms with Crippen LogP contribution in [0.2, 0.25) is 0 Å². The standard InChI is InChI=1S/C17H24F3N3O3S/c1-23-9-3-4-13(10-21-15(24)11-22-27(2,25)26)16(23)12-5-7-14(8-6-12)17(18,19)20/h5-8,13,16,22H,3-4,9-11H2,1-2H3,(H,21,24). The average molecular weight is 407 g/mol. The van der Waals surface area contributed by atoms with Gasteiger partial charge >= 0.3 is 6.18 Å². The summed E-state index contributed by atoms with van der Waals surface area (Å²) in [5.74, 6) is -0.428. The summed E-state index contributed by atoms with van der Waals surface area (Å²) in [6.45, 7) is 0.790. The summed E-state index contributed by atoms with van der Waals surface area (Å²) in [6.07, 6.45) is -1.68. The van der Waals surface area contributed by atoms with Gasteiger partial charge in [-0.15, -0.1) is 0 Å². The molecule has 1 aromatic rings. The third kappa shape index (κ3) is 6.47. The number of benzene rings is 1. The van der Waals surface area contributed by atoms with E-state index in [1.807, 2.05) is 7.05 Å². The first-order valence-corrected chi connectivity index (χ1v) is 10.5. The molecule has 1 aliphatic heterocycles. The number of nitrogens with one attached hydrogen (secondary N) is 2. The van der Waals surface area contributed by atoms with Crippen molar-refractivity contribution in [3.63, 3.8) is 0 Å². The molecule has 0 radical (unpaired) electrons. The van der Waals surface area contributed by atoms with Crippen LogP contribution in [0, 0.1) is 5.92 Å². The Hall–Kier alpha value is -1.65. The molecule has 0 bridgehead atoms. The molecule has 2 atom stereocenters. The van der Waals surface area contributed by atoms with E-state index in [1.54, 1.807) is 0 Å². The minimum atomic E-state index is -4.38. The van der Waals surface area contributed by atoms with Crippen molar-refractivity contribution in [2.45, 2.75) is 25.1 Å². The first-order valence-electron chi connectivity index (χ1n) is 8.56. The second kappa shape index (κ2) is 8.57. The molecule has 1 amide bonds. The Balaban J connectivity index is 2.05. The molecular formula is C17H24F3N3O3S. The van der Waals surface area contributed by atoms with Crippen molar-refractivity contribution in [2.75, 3.05) is 32.9 Å². The second-order valence-corrected chi connectivity index (χ2v) is 8.68. The van der Waals surface area contributed by atoms with Crippen molar-refractivity contribution in [1.29, 1.82) is 0 Å². The molecule has 27 heavy (non-hydrogen) atoms. The van der Waals surface area contributed by atoms with Crippen molar-refractivity contribution in [3.05, 3.63) is 35.4 Å². The molecule has 2 unspecified atom stereocenters. The zero-order valence-corrected chi connectivity index (χ0v) is 16.0. The SMILES string of the molecule is CN1CCCC(CNC(=O)CNS(C)(=O)=O)C1c1ccc(C(F)(F)F)cc1. The summed E-state index contributed by atoms with van der Waals surface area (Å²) in [4.78, 5) is 13.9. The molecule has 1 aromatic carbocycles. The molecule has 1 saturated heterocycles. The van der Waals surface area contributed by atoms with Gasteiger partial charge in [-0.2, -0.15) is 13.2 Å². The van der Waals surface area contributed by atoms with Crippen LogP contribution in [0.25, 0.3) is 0 Å². The maximum atomic E-state index is 12.8. The normalized spacial score (nSPS) is 21.8. The summed E-state index contributed by atoms with van der Waals surface area (Å²) in [5, 5.41) is 2.71.